The van der Waals surface area contributed by atoms with Crippen molar-refractivity contribution >= 4 is 15.0 Å². The molecule has 0 rings (SSSR count). The Morgan fingerprint density at radius 2 is 2.30 bits per heavy atom. The molecule has 0 aromatic heterocycles. The zero-order valence-corrected chi connectivity index (χ0v) is 7.55. The number of hydrogen-bond donors (Lipinski definition) is 0. The summed E-state index contributed by atoms with van der Waals surface area (Å²) in [6.07, 6.45) is 2.46. The molecule has 0 bridgehead atoms. The highest BCUT2D eigenvalue weighted by Gasteiger charge is 1.85. The lowest BCUT2D eigenvalue weighted by Crippen LogP contribution is -1.84. The lowest BCUT2D eigenvalue weighted by atomic mass is 10.3. The van der Waals surface area contributed by atoms with Gasteiger partial charge in [-0.1, -0.05) is 6.92 Å². The van der Waals surface area contributed by atoms with E-state index in [1.54, 1.807) is 6.20 Å². The molecule has 0 spiro atoms. The number of hydrogen-bond acceptors (Lipinski definition) is 1. The van der Waals surface area contributed by atoms with Crippen molar-refractivity contribution in [3.63, 3.8) is 0 Å². The van der Waals surface area contributed by atoms with Crippen molar-refractivity contribution in [2.24, 2.45) is 4.99 Å². The summed E-state index contributed by atoms with van der Waals surface area (Å²) in [5, 5.41) is 0.591. The molecule has 0 radical (unpaired) electrons. The van der Waals surface area contributed by atoms with Crippen molar-refractivity contribution in [2.75, 3.05) is 6.67 Å². The molecule has 0 aliphatic heterocycles. The minimum atomic E-state index is -0.439. The second kappa shape index (κ2) is 5.55. The average molecular weight is 161 g/mol. The van der Waals surface area contributed by atoms with Gasteiger partial charge in [-0.25, -0.2) is 4.39 Å². The van der Waals surface area contributed by atoms with Gasteiger partial charge in [-0.15, -0.1) is 9.24 Å². The smallest absolute Gasteiger partial charge is 0.116 e. The lowest BCUT2D eigenvalue weighted by molar-refractivity contribution is 0.556. The van der Waals surface area contributed by atoms with Gasteiger partial charge in [-0.2, -0.15) is 0 Å². The van der Waals surface area contributed by atoms with Crippen LogP contribution in [0.5, 0.6) is 0 Å². The Morgan fingerprint density at radius 3 is 2.70 bits per heavy atom. The first-order chi connectivity index (χ1) is 4.70. The first-order valence-electron chi connectivity index (χ1n) is 3.24. The van der Waals surface area contributed by atoms with Gasteiger partial charge < -0.3 is 0 Å². The van der Waals surface area contributed by atoms with Crippen LogP contribution in [0.15, 0.2) is 16.5 Å². The fraction of sp³-hybridized carbons (Fsp3) is 0.571. The molecule has 0 amide bonds. The molecule has 0 N–H and O–H groups in total. The Morgan fingerprint density at radius 1 is 1.70 bits per heavy atom. The predicted molar refractivity (Wildman–Crippen MR) is 47.2 cm³/mol. The van der Waals surface area contributed by atoms with Crippen LogP contribution in [0.3, 0.4) is 0 Å². The molecule has 10 heavy (non-hydrogen) atoms. The summed E-state index contributed by atoms with van der Waals surface area (Å²) in [7, 11) is 2.30. The normalized spacial score (nSPS) is 14.0. The standard InChI is InChI=1S/C7H13FNP/c1-3-6(2)9-5-7(10)4-8/h5H,3-4,10H2,1-2H3/b7-5+,9-6?. The molecule has 0 heterocycles. The van der Waals surface area contributed by atoms with Crippen LogP contribution in [0.25, 0.3) is 0 Å². The summed E-state index contributed by atoms with van der Waals surface area (Å²) in [6, 6.07) is 0. The largest absolute Gasteiger partial charge is 0.266 e. The van der Waals surface area contributed by atoms with Gasteiger partial charge in [-0.05, 0) is 18.7 Å². The monoisotopic (exact) mass is 161 g/mol. The summed E-state index contributed by atoms with van der Waals surface area (Å²) >= 11 is 0. The number of aliphatic imine (C=N–C) groups is 1. The Hall–Kier alpha value is -0.230. The maximum absolute atomic E-state index is 11.8. The highest BCUT2D eigenvalue weighted by molar-refractivity contribution is 7.22. The van der Waals surface area contributed by atoms with Crippen LogP contribution < -0.4 is 0 Å². The summed E-state index contributed by atoms with van der Waals surface area (Å²) in [6.45, 7) is 3.50. The Bertz CT molecular complexity index is 134. The van der Waals surface area contributed by atoms with E-state index < -0.39 is 6.67 Å². The summed E-state index contributed by atoms with van der Waals surface area (Å²) < 4.78 is 11.8. The second-order valence-corrected chi connectivity index (χ2v) is 2.80. The first-order valence-corrected chi connectivity index (χ1v) is 3.82. The molecule has 0 aromatic carbocycles. The van der Waals surface area contributed by atoms with E-state index in [4.69, 9.17) is 0 Å². The van der Waals surface area contributed by atoms with Crippen LogP contribution in [0.1, 0.15) is 20.3 Å². The summed E-state index contributed by atoms with van der Waals surface area (Å²) in [5.41, 5.74) is 1.02. The van der Waals surface area contributed by atoms with Crippen LogP contribution in [0, 0.1) is 0 Å². The molecular formula is C7H13FNP. The molecule has 0 aromatic rings. The van der Waals surface area contributed by atoms with Crippen LogP contribution in [-0.4, -0.2) is 12.4 Å². The molecule has 58 valence electrons. The third-order valence-corrected chi connectivity index (χ3v) is 1.42. The number of alkyl halides is 1. The van der Waals surface area contributed by atoms with Crippen LogP contribution in [-0.2, 0) is 0 Å². The number of rotatable bonds is 3. The van der Waals surface area contributed by atoms with Gasteiger partial charge in [0.25, 0.3) is 0 Å². The molecular weight excluding hydrogens is 148 g/mol. The van der Waals surface area contributed by atoms with Crippen LogP contribution in [0.2, 0.25) is 0 Å². The molecule has 1 unspecified atom stereocenters. The van der Waals surface area contributed by atoms with E-state index >= 15 is 0 Å². The minimum Gasteiger partial charge on any atom is -0.266 e. The van der Waals surface area contributed by atoms with E-state index in [0.717, 1.165) is 12.1 Å². The third kappa shape index (κ3) is 4.63. The Balaban J connectivity index is 3.91. The number of nitrogens with zero attached hydrogens (tertiary/aromatic N) is 1. The molecule has 3 heteroatoms. The van der Waals surface area contributed by atoms with Gasteiger partial charge >= 0.3 is 0 Å². The van der Waals surface area contributed by atoms with Gasteiger partial charge in [-0.3, -0.25) is 4.99 Å². The SMILES string of the molecule is CCC(C)=N/C=C(/P)CF. The zero-order valence-electron chi connectivity index (χ0n) is 6.39. The van der Waals surface area contributed by atoms with E-state index in [1.165, 1.54) is 0 Å². The summed E-state index contributed by atoms with van der Waals surface area (Å²) in [4.78, 5) is 4.01. The van der Waals surface area contributed by atoms with Crippen molar-refractivity contribution in [2.45, 2.75) is 20.3 Å². The molecule has 0 saturated heterocycles. The second-order valence-electron chi connectivity index (χ2n) is 2.06. The molecule has 1 nitrogen and oxygen atoms in total. The maximum Gasteiger partial charge on any atom is 0.116 e. The quantitative estimate of drug-likeness (QED) is 0.445. The number of allylic oxidation sites excluding steroid dienone is 1. The topological polar surface area (TPSA) is 12.4 Å². The van der Waals surface area contributed by atoms with E-state index in [2.05, 4.69) is 14.2 Å². The van der Waals surface area contributed by atoms with E-state index in [1.807, 2.05) is 13.8 Å². The minimum absolute atomic E-state index is 0.439. The van der Waals surface area contributed by atoms with E-state index in [0.29, 0.717) is 5.31 Å². The van der Waals surface area contributed by atoms with Gasteiger partial charge in [0.05, 0.1) is 0 Å². The van der Waals surface area contributed by atoms with E-state index in [9.17, 15) is 4.39 Å². The van der Waals surface area contributed by atoms with Crippen molar-refractivity contribution in [3.8, 4) is 0 Å². The lowest BCUT2D eigenvalue weighted by Gasteiger charge is -1.90. The zero-order chi connectivity index (χ0) is 7.98. The third-order valence-electron chi connectivity index (χ3n) is 1.12. The molecule has 0 aliphatic carbocycles. The first kappa shape index (κ1) is 9.77. The fourth-order valence-electron chi connectivity index (χ4n) is 0.319. The average Bonchev–Trinajstić information content (AvgIpc) is 1.99. The molecule has 0 aliphatic rings. The Kier molecular flexibility index (Phi) is 5.42. The highest BCUT2D eigenvalue weighted by atomic mass is 31.0. The van der Waals surface area contributed by atoms with Crippen molar-refractivity contribution in [3.05, 3.63) is 11.5 Å². The Labute approximate surface area is 63.6 Å². The molecule has 0 fully saturated rings. The number of halogens is 1. The molecule has 0 saturated carbocycles. The van der Waals surface area contributed by atoms with Crippen molar-refractivity contribution in [1.82, 2.24) is 0 Å². The highest BCUT2D eigenvalue weighted by Crippen LogP contribution is 2.05. The van der Waals surface area contributed by atoms with Gasteiger partial charge in [0, 0.05) is 11.9 Å². The van der Waals surface area contributed by atoms with Crippen molar-refractivity contribution < 1.29 is 4.39 Å². The maximum atomic E-state index is 11.8. The molecule has 1 atom stereocenters. The van der Waals surface area contributed by atoms with Gasteiger partial charge in [0.15, 0.2) is 0 Å². The van der Waals surface area contributed by atoms with Crippen LogP contribution >= 0.6 is 9.24 Å². The summed E-state index contributed by atoms with van der Waals surface area (Å²) in [5.74, 6) is 0. The predicted octanol–water partition coefficient (Wildman–Crippen LogP) is 2.54. The fourth-order valence-corrected chi connectivity index (χ4v) is 0.393. The van der Waals surface area contributed by atoms with Gasteiger partial charge in [0.1, 0.15) is 6.67 Å². The van der Waals surface area contributed by atoms with Crippen molar-refractivity contribution in [1.29, 1.82) is 0 Å². The van der Waals surface area contributed by atoms with Gasteiger partial charge in [0.2, 0.25) is 0 Å². The van der Waals surface area contributed by atoms with Crippen LogP contribution in [0.4, 0.5) is 4.39 Å². The van der Waals surface area contributed by atoms with E-state index in [-0.39, 0.29) is 0 Å².